The van der Waals surface area contributed by atoms with Crippen LogP contribution in [-0.2, 0) is 17.6 Å². The van der Waals surface area contributed by atoms with E-state index < -0.39 is 0 Å². The Hall–Kier alpha value is -2.66. The van der Waals surface area contributed by atoms with Crippen molar-refractivity contribution in [2.75, 3.05) is 6.54 Å². The van der Waals surface area contributed by atoms with E-state index in [1.54, 1.807) is 0 Å². The molecule has 1 aromatic heterocycles. The number of aromatic nitrogens is 2. The number of hydrogen-bond donors (Lipinski definition) is 1. The number of nitrogens with zero attached hydrogens (tertiary/aromatic N) is 2. The van der Waals surface area contributed by atoms with Gasteiger partial charge in [0, 0.05) is 30.0 Å². The molecule has 0 atom stereocenters. The van der Waals surface area contributed by atoms with Crippen LogP contribution >= 0.6 is 11.6 Å². The second kappa shape index (κ2) is 9.15. The minimum absolute atomic E-state index is 0.0282. The van der Waals surface area contributed by atoms with Crippen LogP contribution in [0.3, 0.4) is 0 Å². The minimum Gasteiger partial charge on any atom is -0.356 e. The monoisotopic (exact) mass is 369 g/mol. The van der Waals surface area contributed by atoms with Crippen LogP contribution in [0.5, 0.6) is 0 Å². The average Bonchev–Trinajstić information content (AvgIpc) is 3.13. The highest BCUT2D eigenvalue weighted by Gasteiger charge is 2.08. The van der Waals surface area contributed by atoms with Crippen molar-refractivity contribution in [2.24, 2.45) is 0 Å². The molecule has 5 nitrogen and oxygen atoms in total. The fraction of sp³-hybridized carbons (Fsp3) is 0.250. The van der Waals surface area contributed by atoms with Crippen LogP contribution in [-0.4, -0.2) is 22.6 Å². The molecule has 0 aliphatic heterocycles. The Bertz CT molecular complexity index is 849. The molecule has 0 aliphatic rings. The third-order valence-corrected chi connectivity index (χ3v) is 4.15. The lowest BCUT2D eigenvalue weighted by Gasteiger charge is -2.04. The molecule has 0 bridgehead atoms. The molecule has 0 fully saturated rings. The second-order valence-corrected chi connectivity index (χ2v) is 6.40. The molecule has 3 aromatic rings. The van der Waals surface area contributed by atoms with Crippen molar-refractivity contribution < 1.29 is 9.32 Å². The van der Waals surface area contributed by atoms with E-state index in [-0.39, 0.29) is 5.91 Å². The van der Waals surface area contributed by atoms with Crippen LogP contribution in [0.4, 0.5) is 0 Å². The molecule has 6 heteroatoms. The van der Waals surface area contributed by atoms with Gasteiger partial charge in [-0.3, -0.25) is 4.79 Å². The molecule has 134 valence electrons. The fourth-order valence-electron chi connectivity index (χ4n) is 2.57. The predicted octanol–water partition coefficient (Wildman–Crippen LogP) is 4.07. The molecule has 0 aliphatic carbocycles. The van der Waals surface area contributed by atoms with Gasteiger partial charge in [0.25, 0.3) is 0 Å². The highest BCUT2D eigenvalue weighted by molar-refractivity contribution is 6.30. The summed E-state index contributed by atoms with van der Waals surface area (Å²) in [7, 11) is 0. The summed E-state index contributed by atoms with van der Waals surface area (Å²) in [5.74, 6) is 1.20. The minimum atomic E-state index is 0.0282. The number of carbonyl (C=O) groups excluding carboxylic acids is 1. The van der Waals surface area contributed by atoms with Gasteiger partial charge in [-0.1, -0.05) is 59.2 Å². The third-order valence-electron chi connectivity index (χ3n) is 3.92. The Morgan fingerprint density at radius 2 is 1.92 bits per heavy atom. The average molecular weight is 370 g/mol. The van der Waals surface area contributed by atoms with Gasteiger partial charge in [0.05, 0.1) is 0 Å². The van der Waals surface area contributed by atoms with Gasteiger partial charge in [0.15, 0.2) is 0 Å². The zero-order valence-corrected chi connectivity index (χ0v) is 15.1. The molecule has 0 spiro atoms. The molecule has 1 amide bonds. The first kappa shape index (κ1) is 18.1. The summed E-state index contributed by atoms with van der Waals surface area (Å²) in [5.41, 5.74) is 1.99. The first-order valence-electron chi connectivity index (χ1n) is 8.60. The smallest absolute Gasteiger partial charge is 0.227 e. The Morgan fingerprint density at radius 3 is 2.73 bits per heavy atom. The van der Waals surface area contributed by atoms with E-state index in [2.05, 4.69) is 15.5 Å². The number of aryl methyl sites for hydroxylation is 2. The summed E-state index contributed by atoms with van der Waals surface area (Å²) < 4.78 is 5.26. The summed E-state index contributed by atoms with van der Waals surface area (Å²) in [6, 6.07) is 17.3. The van der Waals surface area contributed by atoms with Gasteiger partial charge >= 0.3 is 0 Å². The number of halogens is 1. The lowest BCUT2D eigenvalue weighted by Crippen LogP contribution is -2.25. The highest BCUT2D eigenvalue weighted by Crippen LogP contribution is 2.15. The molecule has 26 heavy (non-hydrogen) atoms. The first-order valence-corrected chi connectivity index (χ1v) is 8.97. The highest BCUT2D eigenvalue weighted by atomic mass is 35.5. The number of rotatable bonds is 8. The summed E-state index contributed by atoms with van der Waals surface area (Å²) in [6.45, 7) is 0.581. The lowest BCUT2D eigenvalue weighted by molar-refractivity contribution is -0.121. The molecular weight excluding hydrogens is 350 g/mol. The fourth-order valence-corrected chi connectivity index (χ4v) is 2.78. The van der Waals surface area contributed by atoms with E-state index in [0.29, 0.717) is 42.5 Å². The van der Waals surface area contributed by atoms with Crippen LogP contribution in [0.25, 0.3) is 11.4 Å². The van der Waals surface area contributed by atoms with Crippen molar-refractivity contribution >= 4 is 17.5 Å². The van der Waals surface area contributed by atoms with Gasteiger partial charge in [-0.15, -0.1) is 0 Å². The van der Waals surface area contributed by atoms with Gasteiger partial charge in [-0.05, 0) is 30.5 Å². The summed E-state index contributed by atoms with van der Waals surface area (Å²) in [5, 5.41) is 7.59. The predicted molar refractivity (Wildman–Crippen MR) is 101 cm³/mol. The number of hydrogen-bond acceptors (Lipinski definition) is 4. The maximum Gasteiger partial charge on any atom is 0.227 e. The number of carbonyl (C=O) groups is 1. The van der Waals surface area contributed by atoms with Crippen molar-refractivity contribution in [3.8, 4) is 11.4 Å². The van der Waals surface area contributed by atoms with E-state index in [1.807, 2.05) is 54.6 Å². The maximum absolute atomic E-state index is 11.9. The van der Waals surface area contributed by atoms with Crippen LogP contribution < -0.4 is 5.32 Å². The Morgan fingerprint density at radius 1 is 1.08 bits per heavy atom. The Kier molecular flexibility index (Phi) is 6.39. The lowest BCUT2D eigenvalue weighted by atomic mass is 10.1. The van der Waals surface area contributed by atoms with E-state index in [4.69, 9.17) is 16.1 Å². The molecule has 3 rings (SSSR count). The van der Waals surface area contributed by atoms with Crippen molar-refractivity contribution in [2.45, 2.75) is 25.7 Å². The van der Waals surface area contributed by atoms with Gasteiger partial charge in [0.1, 0.15) is 0 Å². The van der Waals surface area contributed by atoms with Gasteiger partial charge in [0.2, 0.25) is 17.6 Å². The molecule has 0 unspecified atom stereocenters. The topological polar surface area (TPSA) is 68.0 Å². The maximum atomic E-state index is 11.9. The standard InChI is InChI=1S/C20H20ClN3O2/c21-17-9-4-6-15(14-17)11-12-18(25)22-13-5-10-19-23-20(24-26-19)16-7-2-1-3-8-16/h1-4,6-9,14H,5,10-13H2,(H,22,25). The van der Waals surface area contributed by atoms with Crippen molar-refractivity contribution in [1.29, 1.82) is 0 Å². The molecular formula is C20H20ClN3O2. The van der Waals surface area contributed by atoms with Crippen molar-refractivity contribution in [1.82, 2.24) is 15.5 Å². The molecule has 0 saturated carbocycles. The largest absolute Gasteiger partial charge is 0.356 e. The molecule has 1 N–H and O–H groups in total. The van der Waals surface area contributed by atoms with E-state index in [0.717, 1.165) is 17.5 Å². The zero-order valence-electron chi connectivity index (χ0n) is 14.3. The van der Waals surface area contributed by atoms with E-state index in [9.17, 15) is 4.79 Å². The number of nitrogens with one attached hydrogen (secondary N) is 1. The summed E-state index contributed by atoms with van der Waals surface area (Å²) >= 11 is 5.94. The van der Waals surface area contributed by atoms with Crippen molar-refractivity contribution in [3.05, 3.63) is 71.1 Å². The van der Waals surface area contributed by atoms with E-state index in [1.165, 1.54) is 0 Å². The molecule has 2 aromatic carbocycles. The van der Waals surface area contributed by atoms with Gasteiger partial charge in [-0.2, -0.15) is 4.98 Å². The first-order chi connectivity index (χ1) is 12.7. The SMILES string of the molecule is O=C(CCc1cccc(Cl)c1)NCCCc1nc(-c2ccccc2)no1. The van der Waals surface area contributed by atoms with Gasteiger partial charge < -0.3 is 9.84 Å². The second-order valence-electron chi connectivity index (χ2n) is 5.96. The summed E-state index contributed by atoms with van der Waals surface area (Å²) in [6.07, 6.45) is 2.50. The normalized spacial score (nSPS) is 10.7. The van der Waals surface area contributed by atoms with Crippen LogP contribution in [0.15, 0.2) is 59.1 Å². The Labute approximate surface area is 157 Å². The van der Waals surface area contributed by atoms with Gasteiger partial charge in [-0.25, -0.2) is 0 Å². The number of benzene rings is 2. The number of amides is 1. The van der Waals surface area contributed by atoms with Crippen molar-refractivity contribution in [3.63, 3.8) is 0 Å². The zero-order chi connectivity index (χ0) is 18.2. The van der Waals surface area contributed by atoms with Crippen LogP contribution in [0.2, 0.25) is 5.02 Å². The van der Waals surface area contributed by atoms with Crippen LogP contribution in [0, 0.1) is 0 Å². The summed E-state index contributed by atoms with van der Waals surface area (Å²) in [4.78, 5) is 16.3. The quantitative estimate of drug-likeness (QED) is 0.608. The van der Waals surface area contributed by atoms with Crippen LogP contribution in [0.1, 0.15) is 24.3 Å². The third kappa shape index (κ3) is 5.43. The Balaban J connectivity index is 1.36. The molecule has 1 heterocycles. The molecule has 0 radical (unpaired) electrons. The van der Waals surface area contributed by atoms with E-state index >= 15 is 0 Å². The molecule has 0 saturated heterocycles.